The van der Waals surface area contributed by atoms with Crippen LogP contribution in [0, 0.1) is 5.41 Å². The number of alkyl halides is 2. The minimum atomic E-state index is -3.08. The van der Waals surface area contributed by atoms with Crippen LogP contribution in [0.25, 0.3) is 11.1 Å². The van der Waals surface area contributed by atoms with E-state index in [1.54, 1.807) is 18.2 Å². The van der Waals surface area contributed by atoms with E-state index >= 15 is 0 Å². The third-order valence-corrected chi connectivity index (χ3v) is 5.11. The molecule has 3 N–H and O–H groups in total. The molecule has 0 atom stereocenters. The molecule has 9 heteroatoms. The number of fused-ring (bicyclic) bond motifs is 1. The Kier molecular flexibility index (Phi) is 4.74. The first-order valence-corrected chi connectivity index (χ1v) is 9.33. The quantitative estimate of drug-likeness (QED) is 0.367. The van der Waals surface area contributed by atoms with Crippen LogP contribution in [-0.4, -0.2) is 21.7 Å². The number of nitrogen functional groups attached to an aromatic ring is 1. The van der Waals surface area contributed by atoms with Gasteiger partial charge in [-0.2, -0.15) is 0 Å². The van der Waals surface area contributed by atoms with Crippen LogP contribution < -0.4 is 10.6 Å². The lowest BCUT2D eigenvalue weighted by Gasteiger charge is -2.18. The van der Waals surface area contributed by atoms with E-state index in [0.29, 0.717) is 16.7 Å². The molecule has 0 radical (unpaired) electrons. The summed E-state index contributed by atoms with van der Waals surface area (Å²) in [5.41, 5.74) is 7.48. The number of halogens is 3. The molecule has 4 rings (SSSR count). The number of benzene rings is 1. The predicted octanol–water partition coefficient (Wildman–Crippen LogP) is 4.35. The number of pyridine rings is 2. The highest BCUT2D eigenvalue weighted by Crippen LogP contribution is 2.38. The second-order valence-electron chi connectivity index (χ2n) is 6.98. The van der Waals surface area contributed by atoms with Crippen molar-refractivity contribution in [2.75, 3.05) is 4.90 Å². The van der Waals surface area contributed by atoms with E-state index in [2.05, 4.69) is 9.97 Å². The van der Waals surface area contributed by atoms with Crippen molar-refractivity contribution in [3.8, 4) is 11.1 Å². The number of amidine groups is 1. The van der Waals surface area contributed by atoms with Crippen LogP contribution >= 0.6 is 11.6 Å². The zero-order valence-electron chi connectivity index (χ0n) is 15.8. The van der Waals surface area contributed by atoms with Gasteiger partial charge in [-0.25, -0.2) is 13.8 Å². The lowest BCUT2D eigenvalue weighted by atomic mass is 9.99. The molecule has 0 unspecified atom stereocenters. The first kappa shape index (κ1) is 19.9. The molecule has 3 heterocycles. The Morgan fingerprint density at radius 2 is 2.03 bits per heavy atom. The molecule has 6 nitrogen and oxygen atoms in total. The number of aromatic nitrogens is 2. The summed E-state index contributed by atoms with van der Waals surface area (Å²) in [7, 11) is 0. The zero-order valence-corrected chi connectivity index (χ0v) is 16.5. The zero-order chi connectivity index (χ0) is 21.6. The second kappa shape index (κ2) is 7.14. The van der Waals surface area contributed by atoms with Gasteiger partial charge in [0.15, 0.2) is 0 Å². The maximum absolute atomic E-state index is 14.0. The van der Waals surface area contributed by atoms with Crippen molar-refractivity contribution >= 4 is 29.2 Å². The summed E-state index contributed by atoms with van der Waals surface area (Å²) in [6.45, 7) is 0.754. The van der Waals surface area contributed by atoms with Crippen molar-refractivity contribution in [2.45, 2.75) is 19.4 Å². The lowest BCUT2D eigenvalue weighted by molar-refractivity contribution is 0.0166. The maximum atomic E-state index is 14.0. The van der Waals surface area contributed by atoms with Crippen LogP contribution in [0.5, 0.6) is 0 Å². The highest BCUT2D eigenvalue weighted by molar-refractivity contribution is 6.30. The van der Waals surface area contributed by atoms with E-state index in [1.807, 2.05) is 0 Å². The van der Waals surface area contributed by atoms with Gasteiger partial charge < -0.3 is 5.73 Å². The van der Waals surface area contributed by atoms with Crippen LogP contribution in [0.4, 0.5) is 14.6 Å². The van der Waals surface area contributed by atoms with Gasteiger partial charge in [0.05, 0.1) is 6.54 Å². The van der Waals surface area contributed by atoms with Crippen LogP contribution in [-0.2, 0) is 12.5 Å². The number of carbonyl (C=O) groups is 1. The van der Waals surface area contributed by atoms with E-state index in [9.17, 15) is 13.6 Å². The Morgan fingerprint density at radius 3 is 2.73 bits per heavy atom. The molecule has 0 spiro atoms. The number of hydrogen-bond acceptors (Lipinski definition) is 4. The van der Waals surface area contributed by atoms with Crippen molar-refractivity contribution in [2.24, 2.45) is 5.73 Å². The second-order valence-corrected chi connectivity index (χ2v) is 7.37. The smallest absolute Gasteiger partial charge is 0.270 e. The average molecular weight is 428 g/mol. The van der Waals surface area contributed by atoms with E-state index < -0.39 is 11.8 Å². The standard InChI is InChI=1S/C21H16ClF2N5O/c1-21(23,24)16-4-2-3-13-15(16)10-29(20(13)30)18-8-11(7-17(22)28-18)14-9-27-6-5-12(14)19(25)26/h2-9H,10H2,1H3,(H3,25,26). The van der Waals surface area contributed by atoms with Crippen molar-refractivity contribution in [3.63, 3.8) is 0 Å². The number of nitrogens with one attached hydrogen (secondary N) is 1. The third kappa shape index (κ3) is 3.39. The number of anilines is 1. The fourth-order valence-electron chi connectivity index (χ4n) is 3.57. The van der Waals surface area contributed by atoms with Gasteiger partial charge in [-0.3, -0.25) is 20.1 Å². The molecule has 0 aliphatic carbocycles. The number of nitrogens with zero attached hydrogens (tertiary/aromatic N) is 3. The van der Waals surface area contributed by atoms with Gasteiger partial charge in [0.25, 0.3) is 11.8 Å². The summed E-state index contributed by atoms with van der Waals surface area (Å²) in [6.07, 6.45) is 3.04. The molecule has 1 aromatic carbocycles. The van der Waals surface area contributed by atoms with Crippen LogP contribution in [0.1, 0.15) is 34.0 Å². The van der Waals surface area contributed by atoms with Gasteiger partial charge in [0.2, 0.25) is 0 Å². The van der Waals surface area contributed by atoms with Crippen molar-refractivity contribution < 1.29 is 13.6 Å². The first-order valence-electron chi connectivity index (χ1n) is 8.95. The fourth-order valence-corrected chi connectivity index (χ4v) is 3.77. The molecule has 1 aliphatic rings. The van der Waals surface area contributed by atoms with E-state index in [1.165, 1.54) is 35.5 Å². The van der Waals surface area contributed by atoms with E-state index in [-0.39, 0.29) is 40.0 Å². The number of hydrogen-bond donors (Lipinski definition) is 2. The Bertz CT molecular complexity index is 1190. The van der Waals surface area contributed by atoms with Crippen LogP contribution in [0.3, 0.4) is 0 Å². The molecular weight excluding hydrogens is 412 g/mol. The summed E-state index contributed by atoms with van der Waals surface area (Å²) in [5, 5.41) is 7.87. The summed E-state index contributed by atoms with van der Waals surface area (Å²) in [4.78, 5) is 22.5. The predicted molar refractivity (Wildman–Crippen MR) is 110 cm³/mol. The molecule has 30 heavy (non-hydrogen) atoms. The monoisotopic (exact) mass is 427 g/mol. The van der Waals surface area contributed by atoms with Gasteiger partial charge in [-0.1, -0.05) is 23.7 Å². The number of rotatable bonds is 4. The summed E-state index contributed by atoms with van der Waals surface area (Å²) >= 11 is 6.20. The molecule has 1 amide bonds. The number of carbonyl (C=O) groups excluding carboxylic acids is 1. The van der Waals surface area contributed by atoms with Crippen molar-refractivity contribution in [1.29, 1.82) is 5.41 Å². The molecule has 0 saturated heterocycles. The van der Waals surface area contributed by atoms with Gasteiger partial charge in [-0.05, 0) is 35.4 Å². The summed E-state index contributed by atoms with van der Waals surface area (Å²) in [5.74, 6) is -3.46. The summed E-state index contributed by atoms with van der Waals surface area (Å²) in [6, 6.07) is 9.04. The lowest BCUT2D eigenvalue weighted by Crippen LogP contribution is -2.24. The Labute approximate surface area is 175 Å². The molecule has 0 fully saturated rings. The van der Waals surface area contributed by atoms with Crippen molar-refractivity contribution in [1.82, 2.24) is 9.97 Å². The van der Waals surface area contributed by atoms with E-state index in [0.717, 1.165) is 6.92 Å². The topological polar surface area (TPSA) is 96.0 Å². The number of nitrogens with two attached hydrogens (primary N) is 1. The Balaban J connectivity index is 1.80. The molecule has 0 saturated carbocycles. The van der Waals surface area contributed by atoms with Crippen molar-refractivity contribution in [3.05, 3.63) is 76.2 Å². The molecule has 3 aromatic rings. The highest BCUT2D eigenvalue weighted by atomic mass is 35.5. The average Bonchev–Trinajstić information content (AvgIpc) is 3.03. The highest BCUT2D eigenvalue weighted by Gasteiger charge is 2.37. The van der Waals surface area contributed by atoms with Gasteiger partial charge >= 0.3 is 0 Å². The largest absolute Gasteiger partial charge is 0.384 e. The minimum Gasteiger partial charge on any atom is -0.384 e. The van der Waals surface area contributed by atoms with Gasteiger partial charge in [0.1, 0.15) is 16.8 Å². The molecule has 1 aliphatic heterocycles. The Morgan fingerprint density at radius 1 is 1.27 bits per heavy atom. The first-order chi connectivity index (χ1) is 14.2. The molecule has 152 valence electrons. The van der Waals surface area contributed by atoms with Crippen LogP contribution in [0.2, 0.25) is 5.15 Å². The van der Waals surface area contributed by atoms with Crippen LogP contribution in [0.15, 0.2) is 48.8 Å². The number of amides is 1. The fraction of sp³-hybridized carbons (Fsp3) is 0.143. The van der Waals surface area contributed by atoms with Gasteiger partial charge in [-0.15, -0.1) is 0 Å². The molecule has 2 aromatic heterocycles. The van der Waals surface area contributed by atoms with Gasteiger partial charge in [0, 0.05) is 41.6 Å². The summed E-state index contributed by atoms with van der Waals surface area (Å²) < 4.78 is 28.1. The normalized spacial score (nSPS) is 13.5. The molecule has 0 bridgehead atoms. The SMILES string of the molecule is CC(F)(F)c1cccc2c1CN(c1cc(-c3cnccc3C(=N)N)cc(Cl)n1)C2=O. The van der Waals surface area contributed by atoms with E-state index in [4.69, 9.17) is 22.7 Å². The Hall–Kier alpha value is -3.39. The third-order valence-electron chi connectivity index (χ3n) is 4.92. The molecular formula is C21H16ClF2N5O. The maximum Gasteiger partial charge on any atom is 0.270 e. The minimum absolute atomic E-state index is 0.0485.